The summed E-state index contributed by atoms with van der Waals surface area (Å²) in [6, 6.07) is 7.23. The van der Waals surface area contributed by atoms with Gasteiger partial charge in [-0.1, -0.05) is 6.07 Å². The number of ether oxygens (including phenoxy) is 2. The minimum atomic E-state index is -0.203. The van der Waals surface area contributed by atoms with Crippen LogP contribution in [0.25, 0.3) is 0 Å². The molecule has 18 heavy (non-hydrogen) atoms. The molecule has 1 aliphatic heterocycles. The fourth-order valence-corrected chi connectivity index (χ4v) is 1.72. The van der Waals surface area contributed by atoms with E-state index in [9.17, 15) is 4.79 Å². The summed E-state index contributed by atoms with van der Waals surface area (Å²) in [6.45, 7) is 3.64. The molecule has 0 radical (unpaired) electrons. The van der Waals surface area contributed by atoms with Crippen LogP contribution >= 0.6 is 0 Å². The molecule has 1 aromatic carbocycles. The molecule has 1 heterocycles. The summed E-state index contributed by atoms with van der Waals surface area (Å²) in [5.41, 5.74) is 0.506. The normalized spacial score (nSPS) is 16.8. The van der Waals surface area contributed by atoms with E-state index in [4.69, 9.17) is 9.47 Å². The summed E-state index contributed by atoms with van der Waals surface area (Å²) >= 11 is 0. The first-order valence-corrected chi connectivity index (χ1v) is 5.90. The molecular formula is C13H18N2O3. The number of hydrogen-bond donors (Lipinski definition) is 2. The highest BCUT2D eigenvalue weighted by Crippen LogP contribution is 2.17. The van der Waals surface area contributed by atoms with E-state index in [1.54, 1.807) is 13.2 Å². The van der Waals surface area contributed by atoms with Gasteiger partial charge in [0.05, 0.1) is 12.7 Å². The van der Waals surface area contributed by atoms with E-state index in [0.29, 0.717) is 11.4 Å². The Labute approximate surface area is 106 Å². The van der Waals surface area contributed by atoms with Crippen LogP contribution in [0, 0.1) is 0 Å². The van der Waals surface area contributed by atoms with Crippen molar-refractivity contribution in [2.24, 2.45) is 0 Å². The van der Waals surface area contributed by atoms with Crippen molar-refractivity contribution in [2.75, 3.05) is 32.1 Å². The molecule has 0 atom stereocenters. The van der Waals surface area contributed by atoms with Gasteiger partial charge >= 0.3 is 0 Å². The molecule has 2 rings (SSSR count). The van der Waals surface area contributed by atoms with Gasteiger partial charge in [0, 0.05) is 24.8 Å². The van der Waals surface area contributed by atoms with Crippen LogP contribution in [0.2, 0.25) is 0 Å². The number of methoxy groups -OCH3 is 1. The third-order valence-corrected chi connectivity index (χ3v) is 2.90. The lowest BCUT2D eigenvalue weighted by atomic mass is 10.0. The molecule has 1 aliphatic rings. The third kappa shape index (κ3) is 3.21. The van der Waals surface area contributed by atoms with Gasteiger partial charge in [0.2, 0.25) is 5.91 Å². The lowest BCUT2D eigenvalue weighted by Crippen LogP contribution is -2.59. The Hall–Kier alpha value is -1.59. The second-order valence-corrected chi connectivity index (χ2v) is 4.62. The van der Waals surface area contributed by atoms with Gasteiger partial charge in [-0.3, -0.25) is 4.79 Å². The Balaban J connectivity index is 1.82. The van der Waals surface area contributed by atoms with Crippen LogP contribution in [0.15, 0.2) is 24.3 Å². The van der Waals surface area contributed by atoms with E-state index in [1.165, 1.54) is 0 Å². The van der Waals surface area contributed by atoms with Gasteiger partial charge in [-0.2, -0.15) is 0 Å². The van der Waals surface area contributed by atoms with Crippen LogP contribution in [-0.2, 0) is 9.53 Å². The zero-order chi connectivity index (χ0) is 13.0. The minimum Gasteiger partial charge on any atom is -0.497 e. The SMILES string of the molecule is COc1cccc(NC(=O)COC2(C)CNC2)c1. The Morgan fingerprint density at radius 1 is 1.50 bits per heavy atom. The van der Waals surface area contributed by atoms with E-state index in [2.05, 4.69) is 10.6 Å². The molecule has 1 aromatic rings. The fourth-order valence-electron chi connectivity index (χ4n) is 1.72. The first-order valence-electron chi connectivity index (χ1n) is 5.90. The monoisotopic (exact) mass is 250 g/mol. The quantitative estimate of drug-likeness (QED) is 0.819. The van der Waals surface area contributed by atoms with Gasteiger partial charge in [0.1, 0.15) is 12.4 Å². The van der Waals surface area contributed by atoms with Gasteiger partial charge in [-0.05, 0) is 19.1 Å². The van der Waals surface area contributed by atoms with Crippen LogP contribution in [-0.4, -0.2) is 38.3 Å². The highest BCUT2D eigenvalue weighted by atomic mass is 16.5. The lowest BCUT2D eigenvalue weighted by Gasteiger charge is -2.38. The maximum absolute atomic E-state index is 11.7. The molecule has 0 unspecified atom stereocenters. The van der Waals surface area contributed by atoms with Crippen molar-refractivity contribution in [1.82, 2.24) is 5.32 Å². The van der Waals surface area contributed by atoms with Crippen molar-refractivity contribution in [2.45, 2.75) is 12.5 Å². The predicted octanol–water partition coefficient (Wildman–Crippen LogP) is 1.01. The van der Waals surface area contributed by atoms with Gasteiger partial charge in [0.15, 0.2) is 0 Å². The molecule has 0 bridgehead atoms. The average molecular weight is 250 g/mol. The maximum Gasteiger partial charge on any atom is 0.250 e. The van der Waals surface area contributed by atoms with E-state index in [0.717, 1.165) is 13.1 Å². The number of carbonyl (C=O) groups is 1. The van der Waals surface area contributed by atoms with Crippen LogP contribution in [0.4, 0.5) is 5.69 Å². The number of benzene rings is 1. The van der Waals surface area contributed by atoms with Crippen LogP contribution in [0.3, 0.4) is 0 Å². The highest BCUT2D eigenvalue weighted by molar-refractivity contribution is 5.91. The molecular weight excluding hydrogens is 232 g/mol. The second-order valence-electron chi connectivity index (χ2n) is 4.62. The lowest BCUT2D eigenvalue weighted by molar-refractivity contribution is -0.130. The molecule has 0 aromatic heterocycles. The smallest absolute Gasteiger partial charge is 0.250 e. The Kier molecular flexibility index (Phi) is 3.84. The molecule has 5 nitrogen and oxygen atoms in total. The third-order valence-electron chi connectivity index (χ3n) is 2.90. The summed E-state index contributed by atoms with van der Waals surface area (Å²) in [7, 11) is 1.59. The first-order chi connectivity index (χ1) is 8.61. The number of rotatable bonds is 5. The van der Waals surface area contributed by atoms with Crippen molar-refractivity contribution in [3.63, 3.8) is 0 Å². The van der Waals surface area contributed by atoms with E-state index < -0.39 is 0 Å². The number of amides is 1. The molecule has 0 aliphatic carbocycles. The fraction of sp³-hybridized carbons (Fsp3) is 0.462. The van der Waals surface area contributed by atoms with E-state index in [-0.39, 0.29) is 18.1 Å². The molecule has 98 valence electrons. The van der Waals surface area contributed by atoms with Crippen LogP contribution in [0.1, 0.15) is 6.92 Å². The minimum absolute atomic E-state index is 0.0649. The molecule has 0 saturated carbocycles. The van der Waals surface area contributed by atoms with Gasteiger partial charge in [-0.15, -0.1) is 0 Å². The Bertz CT molecular complexity index is 430. The van der Waals surface area contributed by atoms with Gasteiger partial charge in [-0.25, -0.2) is 0 Å². The van der Waals surface area contributed by atoms with Crippen molar-refractivity contribution in [1.29, 1.82) is 0 Å². The number of nitrogens with one attached hydrogen (secondary N) is 2. The standard InChI is InChI=1S/C13H18N2O3/c1-13(8-14-9-13)18-7-12(16)15-10-4-3-5-11(6-10)17-2/h3-6,14H,7-9H2,1-2H3,(H,15,16). The molecule has 0 spiro atoms. The van der Waals surface area contributed by atoms with Crippen molar-refractivity contribution in [3.8, 4) is 5.75 Å². The predicted molar refractivity (Wildman–Crippen MR) is 68.9 cm³/mol. The summed E-state index contributed by atoms with van der Waals surface area (Å²) in [5.74, 6) is 0.556. The largest absolute Gasteiger partial charge is 0.497 e. The average Bonchev–Trinajstić information content (AvgIpc) is 2.34. The zero-order valence-corrected chi connectivity index (χ0v) is 10.7. The Morgan fingerprint density at radius 2 is 2.28 bits per heavy atom. The first kappa shape index (κ1) is 12.9. The molecule has 1 amide bonds. The van der Waals surface area contributed by atoms with Crippen molar-refractivity contribution in [3.05, 3.63) is 24.3 Å². The summed E-state index contributed by atoms with van der Waals surface area (Å²) in [5, 5.41) is 5.89. The zero-order valence-electron chi connectivity index (χ0n) is 10.7. The van der Waals surface area contributed by atoms with Crippen molar-refractivity contribution >= 4 is 11.6 Å². The molecule has 1 saturated heterocycles. The highest BCUT2D eigenvalue weighted by Gasteiger charge is 2.32. The summed E-state index contributed by atoms with van der Waals surface area (Å²) < 4.78 is 10.6. The Morgan fingerprint density at radius 3 is 2.89 bits per heavy atom. The summed E-state index contributed by atoms with van der Waals surface area (Å²) in [4.78, 5) is 11.7. The van der Waals surface area contributed by atoms with Gasteiger partial charge in [0.25, 0.3) is 0 Å². The number of hydrogen-bond acceptors (Lipinski definition) is 4. The van der Waals surface area contributed by atoms with Gasteiger partial charge < -0.3 is 20.1 Å². The van der Waals surface area contributed by atoms with Crippen molar-refractivity contribution < 1.29 is 14.3 Å². The van der Waals surface area contributed by atoms with E-state index in [1.807, 2.05) is 25.1 Å². The molecule has 2 N–H and O–H groups in total. The van der Waals surface area contributed by atoms with Crippen LogP contribution in [0.5, 0.6) is 5.75 Å². The second kappa shape index (κ2) is 5.37. The summed E-state index contributed by atoms with van der Waals surface area (Å²) in [6.07, 6.45) is 0. The topological polar surface area (TPSA) is 59.6 Å². The maximum atomic E-state index is 11.7. The molecule has 1 fully saturated rings. The van der Waals surface area contributed by atoms with Crippen LogP contribution < -0.4 is 15.4 Å². The molecule has 5 heteroatoms. The van der Waals surface area contributed by atoms with E-state index >= 15 is 0 Å². The number of anilines is 1. The number of carbonyl (C=O) groups excluding carboxylic acids is 1.